The lowest BCUT2D eigenvalue weighted by Gasteiger charge is -2.03. The van der Waals surface area contributed by atoms with E-state index in [0.717, 1.165) is 10.0 Å². The van der Waals surface area contributed by atoms with Crippen molar-refractivity contribution in [1.29, 1.82) is 0 Å². The van der Waals surface area contributed by atoms with E-state index >= 15 is 0 Å². The summed E-state index contributed by atoms with van der Waals surface area (Å²) >= 11 is 3.47. The lowest BCUT2D eigenvalue weighted by Crippen LogP contribution is -1.95. The standard InChI is InChI=1S/C13H12BrN/c14-13-3-1-2-12(8-13)11-6-4-10(9-15)5-7-11/h1-8H,9,15H2. The summed E-state index contributed by atoms with van der Waals surface area (Å²) in [7, 11) is 0. The highest BCUT2D eigenvalue weighted by atomic mass is 79.9. The molecule has 0 radical (unpaired) electrons. The van der Waals surface area contributed by atoms with Crippen LogP contribution in [0.2, 0.25) is 0 Å². The van der Waals surface area contributed by atoms with Gasteiger partial charge in [-0.15, -0.1) is 0 Å². The highest BCUT2D eigenvalue weighted by Gasteiger charge is 1.97. The first kappa shape index (κ1) is 10.4. The molecule has 0 amide bonds. The minimum atomic E-state index is 0.596. The molecule has 15 heavy (non-hydrogen) atoms. The van der Waals surface area contributed by atoms with Crippen molar-refractivity contribution >= 4 is 15.9 Å². The molecule has 0 spiro atoms. The largest absolute Gasteiger partial charge is 0.326 e. The molecule has 2 aromatic carbocycles. The maximum absolute atomic E-state index is 5.56. The van der Waals surface area contributed by atoms with E-state index in [9.17, 15) is 0 Å². The summed E-state index contributed by atoms with van der Waals surface area (Å²) in [6.45, 7) is 0.596. The Bertz CT molecular complexity index is 448. The first-order valence-corrected chi connectivity index (χ1v) is 5.64. The van der Waals surface area contributed by atoms with Crippen LogP contribution >= 0.6 is 15.9 Å². The zero-order valence-electron chi connectivity index (χ0n) is 8.28. The summed E-state index contributed by atoms with van der Waals surface area (Å²) in [6, 6.07) is 16.6. The van der Waals surface area contributed by atoms with E-state index < -0.39 is 0 Å². The Morgan fingerprint density at radius 2 is 1.67 bits per heavy atom. The maximum atomic E-state index is 5.56. The van der Waals surface area contributed by atoms with Crippen molar-refractivity contribution < 1.29 is 0 Å². The Morgan fingerprint density at radius 1 is 0.933 bits per heavy atom. The van der Waals surface area contributed by atoms with Gasteiger partial charge in [-0.1, -0.05) is 52.3 Å². The van der Waals surface area contributed by atoms with Crippen molar-refractivity contribution in [3.63, 3.8) is 0 Å². The Kier molecular flexibility index (Phi) is 3.19. The SMILES string of the molecule is NCc1ccc(-c2cccc(Br)c2)cc1. The van der Waals surface area contributed by atoms with Gasteiger partial charge in [-0.2, -0.15) is 0 Å². The van der Waals surface area contributed by atoms with Crippen LogP contribution in [0, 0.1) is 0 Å². The van der Waals surface area contributed by atoms with Crippen molar-refractivity contribution in [3.05, 3.63) is 58.6 Å². The van der Waals surface area contributed by atoms with Crippen LogP contribution in [0.25, 0.3) is 11.1 Å². The van der Waals surface area contributed by atoms with Gasteiger partial charge in [0.1, 0.15) is 0 Å². The van der Waals surface area contributed by atoms with E-state index in [1.807, 2.05) is 12.1 Å². The zero-order valence-corrected chi connectivity index (χ0v) is 9.87. The summed E-state index contributed by atoms with van der Waals surface area (Å²) in [5.74, 6) is 0. The number of nitrogens with two attached hydrogens (primary N) is 1. The molecule has 0 saturated heterocycles. The number of rotatable bonds is 2. The van der Waals surface area contributed by atoms with Crippen LogP contribution in [0.4, 0.5) is 0 Å². The van der Waals surface area contributed by atoms with Crippen LogP contribution in [0.15, 0.2) is 53.0 Å². The molecule has 0 aromatic heterocycles. The molecule has 0 unspecified atom stereocenters. The molecule has 0 aliphatic carbocycles. The molecule has 0 fully saturated rings. The van der Waals surface area contributed by atoms with E-state index in [1.54, 1.807) is 0 Å². The summed E-state index contributed by atoms with van der Waals surface area (Å²) in [5, 5.41) is 0. The topological polar surface area (TPSA) is 26.0 Å². The number of halogens is 1. The normalized spacial score (nSPS) is 10.3. The van der Waals surface area contributed by atoms with Crippen LogP contribution in [-0.2, 0) is 6.54 Å². The first-order valence-electron chi connectivity index (χ1n) is 4.84. The molecule has 0 aliphatic heterocycles. The van der Waals surface area contributed by atoms with Gasteiger partial charge in [0.05, 0.1) is 0 Å². The number of hydrogen-bond acceptors (Lipinski definition) is 1. The molecule has 1 nitrogen and oxygen atoms in total. The molecule has 2 aromatic rings. The van der Waals surface area contributed by atoms with E-state index in [-0.39, 0.29) is 0 Å². The molecular formula is C13H12BrN. The Morgan fingerprint density at radius 3 is 2.27 bits per heavy atom. The van der Waals surface area contributed by atoms with Crippen LogP contribution in [0.1, 0.15) is 5.56 Å². The molecule has 2 heteroatoms. The summed E-state index contributed by atoms with van der Waals surface area (Å²) in [5.41, 5.74) is 9.15. The third-order valence-electron chi connectivity index (χ3n) is 2.35. The monoisotopic (exact) mass is 261 g/mol. The Balaban J connectivity index is 2.37. The van der Waals surface area contributed by atoms with Gasteiger partial charge in [0.15, 0.2) is 0 Å². The number of benzene rings is 2. The van der Waals surface area contributed by atoms with Crippen molar-refractivity contribution in [2.75, 3.05) is 0 Å². The summed E-state index contributed by atoms with van der Waals surface area (Å²) in [4.78, 5) is 0. The fourth-order valence-corrected chi connectivity index (χ4v) is 1.90. The average molecular weight is 262 g/mol. The predicted octanol–water partition coefficient (Wildman–Crippen LogP) is 3.57. The second-order valence-corrected chi connectivity index (χ2v) is 4.33. The molecule has 0 heterocycles. The van der Waals surface area contributed by atoms with Gasteiger partial charge in [0.25, 0.3) is 0 Å². The van der Waals surface area contributed by atoms with Gasteiger partial charge >= 0.3 is 0 Å². The van der Waals surface area contributed by atoms with Crippen LogP contribution in [0.3, 0.4) is 0 Å². The molecule has 76 valence electrons. The van der Waals surface area contributed by atoms with Gasteiger partial charge in [-0.3, -0.25) is 0 Å². The van der Waals surface area contributed by atoms with Crippen molar-refractivity contribution in [1.82, 2.24) is 0 Å². The Hall–Kier alpha value is -1.12. The van der Waals surface area contributed by atoms with E-state index in [0.29, 0.717) is 6.54 Å². The minimum absolute atomic E-state index is 0.596. The fourth-order valence-electron chi connectivity index (χ4n) is 1.50. The summed E-state index contributed by atoms with van der Waals surface area (Å²) < 4.78 is 1.10. The highest BCUT2D eigenvalue weighted by molar-refractivity contribution is 9.10. The first-order chi connectivity index (χ1) is 7.29. The summed E-state index contributed by atoms with van der Waals surface area (Å²) in [6.07, 6.45) is 0. The smallest absolute Gasteiger partial charge is 0.0181 e. The van der Waals surface area contributed by atoms with Crippen LogP contribution in [-0.4, -0.2) is 0 Å². The van der Waals surface area contributed by atoms with Crippen molar-refractivity contribution in [2.24, 2.45) is 5.73 Å². The van der Waals surface area contributed by atoms with Gasteiger partial charge in [-0.05, 0) is 28.8 Å². The number of hydrogen-bond donors (Lipinski definition) is 1. The molecular weight excluding hydrogens is 250 g/mol. The van der Waals surface area contributed by atoms with Crippen molar-refractivity contribution in [2.45, 2.75) is 6.54 Å². The van der Waals surface area contributed by atoms with Gasteiger partial charge in [0.2, 0.25) is 0 Å². The quantitative estimate of drug-likeness (QED) is 0.879. The van der Waals surface area contributed by atoms with Crippen LogP contribution < -0.4 is 5.73 Å². The zero-order chi connectivity index (χ0) is 10.7. The van der Waals surface area contributed by atoms with E-state index in [4.69, 9.17) is 5.73 Å². The van der Waals surface area contributed by atoms with Crippen molar-refractivity contribution in [3.8, 4) is 11.1 Å². The van der Waals surface area contributed by atoms with E-state index in [1.165, 1.54) is 11.1 Å². The molecule has 0 bridgehead atoms. The van der Waals surface area contributed by atoms with Crippen LogP contribution in [0.5, 0.6) is 0 Å². The minimum Gasteiger partial charge on any atom is -0.326 e. The predicted molar refractivity (Wildman–Crippen MR) is 67.5 cm³/mol. The fraction of sp³-hybridized carbons (Fsp3) is 0.0769. The van der Waals surface area contributed by atoms with Gasteiger partial charge < -0.3 is 5.73 Å². The van der Waals surface area contributed by atoms with Gasteiger partial charge in [0, 0.05) is 11.0 Å². The highest BCUT2D eigenvalue weighted by Crippen LogP contribution is 2.23. The third-order valence-corrected chi connectivity index (χ3v) is 2.84. The third kappa shape index (κ3) is 2.46. The average Bonchev–Trinajstić information content (AvgIpc) is 2.29. The lowest BCUT2D eigenvalue weighted by molar-refractivity contribution is 1.07. The molecule has 2 N–H and O–H groups in total. The molecule has 2 rings (SSSR count). The Labute approximate surface area is 98.1 Å². The molecule has 0 saturated carbocycles. The lowest BCUT2D eigenvalue weighted by atomic mass is 10.0. The molecule has 0 atom stereocenters. The second kappa shape index (κ2) is 4.60. The second-order valence-electron chi connectivity index (χ2n) is 3.41. The van der Waals surface area contributed by atoms with Gasteiger partial charge in [-0.25, -0.2) is 0 Å². The van der Waals surface area contributed by atoms with E-state index in [2.05, 4.69) is 52.3 Å². The maximum Gasteiger partial charge on any atom is 0.0181 e. The molecule has 0 aliphatic rings.